The van der Waals surface area contributed by atoms with Crippen molar-refractivity contribution in [3.63, 3.8) is 0 Å². The molecule has 8 heteroatoms. The summed E-state index contributed by atoms with van der Waals surface area (Å²) in [4.78, 5) is 23.1. The Bertz CT molecular complexity index is 1150. The highest BCUT2D eigenvalue weighted by molar-refractivity contribution is 9.10. The van der Waals surface area contributed by atoms with Crippen molar-refractivity contribution in [2.24, 2.45) is 0 Å². The molecule has 2 N–H and O–H groups in total. The molecule has 1 aromatic carbocycles. The van der Waals surface area contributed by atoms with Gasteiger partial charge in [-0.05, 0) is 47.5 Å². The number of β-amino-alcohol motifs (C(OH)–C–C–N with tert-alkyl or cyclic N) is 1. The van der Waals surface area contributed by atoms with Crippen LogP contribution in [0.25, 0.3) is 21.6 Å². The molecule has 0 aliphatic carbocycles. The predicted molar refractivity (Wildman–Crippen MR) is 117 cm³/mol. The van der Waals surface area contributed by atoms with Gasteiger partial charge < -0.3 is 14.8 Å². The van der Waals surface area contributed by atoms with E-state index in [4.69, 9.17) is 6.57 Å². The lowest BCUT2D eigenvalue weighted by Gasteiger charge is -2.32. The number of carbonyl (C=O) groups is 1. The van der Waals surface area contributed by atoms with Crippen LogP contribution in [-0.4, -0.2) is 62.3 Å². The molecule has 2 atom stereocenters. The second-order valence-corrected chi connectivity index (χ2v) is 8.44. The largest absolute Gasteiger partial charge is 0.390 e. The molecule has 3 aromatic rings. The van der Waals surface area contributed by atoms with Crippen LogP contribution in [0.15, 0.2) is 41.0 Å². The molecule has 30 heavy (non-hydrogen) atoms. The molecule has 0 bridgehead atoms. The van der Waals surface area contributed by atoms with Gasteiger partial charge >= 0.3 is 0 Å². The van der Waals surface area contributed by atoms with Gasteiger partial charge in [-0.2, -0.15) is 0 Å². The SMILES string of the molecule is [C-]#[N+]c1ccc(-n2c(C)c(C(=O)CN3CC[C@H](O)[C@@H](O)C3)c3ncc(Br)cc32)cc1. The van der Waals surface area contributed by atoms with E-state index in [1.807, 2.05) is 34.6 Å². The van der Waals surface area contributed by atoms with Crippen LogP contribution < -0.4 is 0 Å². The van der Waals surface area contributed by atoms with E-state index in [0.717, 1.165) is 21.4 Å². The summed E-state index contributed by atoms with van der Waals surface area (Å²) in [7, 11) is 0. The molecule has 2 aromatic heterocycles. The molecule has 1 fully saturated rings. The molecule has 0 spiro atoms. The molecule has 7 nitrogen and oxygen atoms in total. The second-order valence-electron chi connectivity index (χ2n) is 7.53. The molecular weight excluding hydrogens is 448 g/mol. The third kappa shape index (κ3) is 3.77. The molecule has 1 aliphatic rings. The smallest absolute Gasteiger partial charge is 0.187 e. The normalized spacial score (nSPS) is 19.7. The minimum Gasteiger partial charge on any atom is -0.390 e. The first-order chi connectivity index (χ1) is 14.4. The van der Waals surface area contributed by atoms with Crippen molar-refractivity contribution in [1.82, 2.24) is 14.5 Å². The van der Waals surface area contributed by atoms with Crippen LogP contribution in [0.2, 0.25) is 0 Å². The highest BCUT2D eigenvalue weighted by Gasteiger charge is 2.29. The number of benzene rings is 1. The molecule has 0 amide bonds. The minimum atomic E-state index is -0.843. The second kappa shape index (κ2) is 8.28. The van der Waals surface area contributed by atoms with Crippen molar-refractivity contribution < 1.29 is 15.0 Å². The first-order valence-corrected chi connectivity index (χ1v) is 10.4. The van der Waals surface area contributed by atoms with E-state index in [-0.39, 0.29) is 18.9 Å². The van der Waals surface area contributed by atoms with E-state index in [1.54, 1.807) is 18.3 Å². The van der Waals surface area contributed by atoms with E-state index < -0.39 is 12.2 Å². The van der Waals surface area contributed by atoms with Crippen molar-refractivity contribution in [3.05, 3.63) is 63.7 Å². The van der Waals surface area contributed by atoms with Crippen LogP contribution in [0.5, 0.6) is 0 Å². The van der Waals surface area contributed by atoms with Gasteiger partial charge in [-0.25, -0.2) is 4.85 Å². The number of likely N-dealkylation sites (tertiary alicyclic amines) is 1. The van der Waals surface area contributed by atoms with Crippen molar-refractivity contribution >= 4 is 38.4 Å². The predicted octanol–water partition coefficient (Wildman–Crippen LogP) is 3.26. The third-order valence-corrected chi connectivity index (χ3v) is 5.96. The Kier molecular flexibility index (Phi) is 5.71. The Morgan fingerprint density at radius 3 is 2.70 bits per heavy atom. The minimum absolute atomic E-state index is 0.0764. The molecule has 0 saturated carbocycles. The lowest BCUT2D eigenvalue weighted by molar-refractivity contribution is -0.0363. The molecule has 4 rings (SSSR count). The molecule has 1 saturated heterocycles. The van der Waals surface area contributed by atoms with Crippen molar-refractivity contribution in [2.75, 3.05) is 19.6 Å². The lowest BCUT2D eigenvalue weighted by Crippen LogP contribution is -2.48. The van der Waals surface area contributed by atoms with Crippen LogP contribution in [-0.2, 0) is 0 Å². The number of Topliss-reactive ketones (excluding diaryl/α,β-unsaturated/α-hetero) is 1. The molecule has 1 aliphatic heterocycles. The maximum absolute atomic E-state index is 13.3. The third-order valence-electron chi connectivity index (χ3n) is 5.52. The molecule has 3 heterocycles. The lowest BCUT2D eigenvalue weighted by atomic mass is 10.0. The topological polar surface area (TPSA) is 83.0 Å². The Balaban J connectivity index is 1.76. The number of carbonyl (C=O) groups excluding carboxylic acids is 1. The number of aliphatic hydroxyl groups excluding tert-OH is 2. The van der Waals surface area contributed by atoms with Crippen molar-refractivity contribution in [2.45, 2.75) is 25.6 Å². The summed E-state index contributed by atoms with van der Waals surface area (Å²) in [6.07, 6.45) is 0.529. The first-order valence-electron chi connectivity index (χ1n) is 9.65. The van der Waals surface area contributed by atoms with Crippen LogP contribution in [0.3, 0.4) is 0 Å². The number of halogens is 1. The van der Waals surface area contributed by atoms with Crippen LogP contribution in [0.4, 0.5) is 5.69 Å². The maximum Gasteiger partial charge on any atom is 0.187 e. The van der Waals surface area contributed by atoms with Crippen molar-refractivity contribution in [3.8, 4) is 5.69 Å². The molecule has 0 unspecified atom stereocenters. The van der Waals surface area contributed by atoms with Gasteiger partial charge in [-0.1, -0.05) is 12.1 Å². The zero-order valence-corrected chi connectivity index (χ0v) is 18.0. The van der Waals surface area contributed by atoms with Gasteiger partial charge in [0.25, 0.3) is 0 Å². The van der Waals surface area contributed by atoms with Crippen LogP contribution >= 0.6 is 15.9 Å². The number of ketones is 1. The fourth-order valence-electron chi connectivity index (χ4n) is 4.01. The number of fused-ring (bicyclic) bond motifs is 1. The zero-order chi connectivity index (χ0) is 21.4. The fourth-order valence-corrected chi connectivity index (χ4v) is 4.33. The number of rotatable bonds is 4. The number of pyridine rings is 1. The van der Waals surface area contributed by atoms with E-state index in [1.165, 1.54) is 0 Å². The summed E-state index contributed by atoms with van der Waals surface area (Å²) >= 11 is 3.46. The van der Waals surface area contributed by atoms with Crippen LogP contribution in [0.1, 0.15) is 22.5 Å². The monoisotopic (exact) mass is 468 g/mol. The fraction of sp³-hybridized carbons (Fsp3) is 0.318. The van der Waals surface area contributed by atoms with Gasteiger partial charge in [0.15, 0.2) is 11.5 Å². The summed E-state index contributed by atoms with van der Waals surface area (Å²) in [6.45, 7) is 10.0. The number of piperidine rings is 1. The molecule has 0 radical (unpaired) electrons. The first kappa shape index (κ1) is 20.7. The molecular formula is C22H21BrN4O3. The standard InChI is InChI=1S/C22H21BrN4O3/c1-13-21(20(30)12-26-8-7-18(28)19(29)11-26)22-17(9-14(23)10-25-22)27(13)16-5-3-15(24-2)4-6-16/h3-6,9-10,18-19,28-29H,7-8,11-12H2,1H3/t18-,19-/m0/s1. The summed E-state index contributed by atoms with van der Waals surface area (Å²) in [5.41, 5.74) is 4.14. The summed E-state index contributed by atoms with van der Waals surface area (Å²) in [6, 6.07) is 9.15. The van der Waals surface area contributed by atoms with E-state index in [2.05, 4.69) is 25.8 Å². The summed E-state index contributed by atoms with van der Waals surface area (Å²) in [5, 5.41) is 19.7. The Labute approximate surface area is 182 Å². The van der Waals surface area contributed by atoms with Crippen molar-refractivity contribution in [1.29, 1.82) is 0 Å². The maximum atomic E-state index is 13.3. The average Bonchev–Trinajstić information content (AvgIpc) is 3.02. The van der Waals surface area contributed by atoms with Gasteiger partial charge in [-0.3, -0.25) is 14.7 Å². The molecule has 154 valence electrons. The van der Waals surface area contributed by atoms with Gasteiger partial charge in [-0.15, -0.1) is 0 Å². The van der Waals surface area contributed by atoms with Gasteiger partial charge in [0.05, 0.1) is 41.9 Å². The Morgan fingerprint density at radius 2 is 2.03 bits per heavy atom. The number of aliphatic hydroxyl groups is 2. The summed E-state index contributed by atoms with van der Waals surface area (Å²) in [5.74, 6) is -0.0764. The number of nitrogens with zero attached hydrogens (tertiary/aromatic N) is 4. The summed E-state index contributed by atoms with van der Waals surface area (Å²) < 4.78 is 2.78. The highest BCUT2D eigenvalue weighted by atomic mass is 79.9. The van der Waals surface area contributed by atoms with E-state index >= 15 is 0 Å². The number of hydrogen-bond acceptors (Lipinski definition) is 5. The Morgan fingerprint density at radius 1 is 1.30 bits per heavy atom. The van der Waals surface area contributed by atoms with Gasteiger partial charge in [0, 0.05) is 35.1 Å². The van der Waals surface area contributed by atoms with E-state index in [0.29, 0.717) is 29.7 Å². The van der Waals surface area contributed by atoms with Gasteiger partial charge in [0.2, 0.25) is 0 Å². The number of aromatic nitrogens is 2. The quantitative estimate of drug-likeness (QED) is 0.453. The van der Waals surface area contributed by atoms with Crippen LogP contribution in [0, 0.1) is 13.5 Å². The van der Waals surface area contributed by atoms with E-state index in [9.17, 15) is 15.0 Å². The average molecular weight is 469 g/mol. The van der Waals surface area contributed by atoms with Gasteiger partial charge in [0.1, 0.15) is 0 Å². The number of hydrogen-bond donors (Lipinski definition) is 2. The highest BCUT2D eigenvalue weighted by Crippen LogP contribution is 2.31. The zero-order valence-electron chi connectivity index (χ0n) is 16.4. The Hall–Kier alpha value is -2.57.